The van der Waals surface area contributed by atoms with E-state index in [9.17, 15) is 13.2 Å². The van der Waals surface area contributed by atoms with Gasteiger partial charge >= 0.3 is 5.97 Å². The van der Waals surface area contributed by atoms with Crippen molar-refractivity contribution < 1.29 is 17.9 Å². The lowest BCUT2D eigenvalue weighted by Crippen LogP contribution is -3.08. The zero-order chi connectivity index (χ0) is 15.8. The molecule has 0 bridgehead atoms. The summed E-state index contributed by atoms with van der Waals surface area (Å²) in [5, 5.41) is 0. The van der Waals surface area contributed by atoms with E-state index in [0.29, 0.717) is 24.4 Å². The van der Waals surface area contributed by atoms with Gasteiger partial charge in [-0.05, 0) is 69.1 Å². The van der Waals surface area contributed by atoms with Crippen LogP contribution in [0.25, 0.3) is 0 Å². The lowest BCUT2D eigenvalue weighted by molar-refractivity contribution is -0.616. The molecule has 0 radical (unpaired) electrons. The number of carbonyl (C=O) groups excluding carboxylic acids is 1. The van der Waals surface area contributed by atoms with Crippen molar-refractivity contribution in [2.45, 2.75) is 38.5 Å². The highest BCUT2D eigenvalue weighted by atomic mass is 32.2. The third-order valence-corrected chi connectivity index (χ3v) is 9.81. The van der Waals surface area contributed by atoms with Crippen LogP contribution in [0.3, 0.4) is 0 Å². The molecular formula is C16H23NO4S. The fourth-order valence-corrected chi connectivity index (χ4v) is 7.97. The molecule has 0 aromatic heterocycles. The van der Waals surface area contributed by atoms with Crippen LogP contribution in [0.2, 0.25) is 0 Å². The maximum atomic E-state index is 12.6. The van der Waals surface area contributed by atoms with E-state index in [4.69, 9.17) is 4.74 Å². The number of carbonyl (C=O) groups is 1. The monoisotopic (exact) mass is 325 g/mol. The molecule has 0 aliphatic heterocycles. The number of ether oxygens (including phenoxy) is 1. The third-order valence-electron chi connectivity index (χ3n) is 7.65. The van der Waals surface area contributed by atoms with Crippen LogP contribution >= 0.6 is 0 Å². The van der Waals surface area contributed by atoms with E-state index in [1.54, 1.807) is 27.7 Å². The number of hydrogen-bond acceptors (Lipinski definition) is 4. The molecule has 22 heavy (non-hydrogen) atoms. The molecule has 6 aliphatic rings. The van der Waals surface area contributed by atoms with E-state index < -0.39 is 20.8 Å². The van der Waals surface area contributed by atoms with Crippen LogP contribution in [0.1, 0.15) is 27.7 Å². The van der Waals surface area contributed by atoms with Crippen molar-refractivity contribution in [1.29, 1.82) is 0 Å². The van der Waals surface area contributed by atoms with Crippen molar-refractivity contribution in [2.24, 2.45) is 46.8 Å². The summed E-state index contributed by atoms with van der Waals surface area (Å²) in [6.45, 7) is 7.06. The third kappa shape index (κ3) is 1.01. The number of rotatable bonds is 5. The molecule has 1 N–H and O–H groups in total. The molecule has 0 amide bonds. The highest BCUT2D eigenvalue weighted by Gasteiger charge is 3.05. The Labute approximate surface area is 131 Å². The second-order valence-corrected chi connectivity index (χ2v) is 11.3. The second kappa shape index (κ2) is 3.41. The molecule has 5 nitrogen and oxygen atoms in total. The summed E-state index contributed by atoms with van der Waals surface area (Å²) in [6, 6.07) is -0.665. The van der Waals surface area contributed by atoms with Gasteiger partial charge in [-0.25, -0.2) is 8.42 Å². The number of nitrogens with one attached hydrogen (secondary N) is 1. The van der Waals surface area contributed by atoms with Gasteiger partial charge in [0, 0.05) is 5.41 Å². The predicted molar refractivity (Wildman–Crippen MR) is 79.1 cm³/mol. The van der Waals surface area contributed by atoms with Gasteiger partial charge < -0.3 is 4.74 Å². The maximum absolute atomic E-state index is 12.6. The number of esters is 1. The molecule has 6 fully saturated rings. The standard InChI is InChI=1S/C16H23NO4S/c1-5-21-14(18)13(17-22(19,20)15(2,3)4)16-10-7-6-8(10)12(16)9(6)11(7)16/h6-13,17H,5H2,1-4H3. The minimum Gasteiger partial charge on any atom is -0.465 e. The highest BCUT2D eigenvalue weighted by molar-refractivity contribution is 7.90. The van der Waals surface area contributed by atoms with Crippen molar-refractivity contribution in [3.05, 3.63) is 0 Å². The highest BCUT2D eigenvalue weighted by Crippen LogP contribution is 3.06. The molecule has 0 spiro atoms. The molecule has 6 rings (SSSR count). The summed E-state index contributed by atoms with van der Waals surface area (Å²) in [5.74, 6) is 4.75. The Kier molecular flexibility index (Phi) is 2.14. The average molecular weight is 325 g/mol. The van der Waals surface area contributed by atoms with Crippen LogP contribution in [-0.4, -0.2) is 31.8 Å². The van der Waals surface area contributed by atoms with Crippen LogP contribution < -0.4 is 4.72 Å². The minimum absolute atomic E-state index is 0.0840. The molecule has 0 saturated heterocycles. The van der Waals surface area contributed by atoms with Gasteiger partial charge in [0.25, 0.3) is 0 Å². The second-order valence-electron chi connectivity index (χ2n) is 8.81. The van der Waals surface area contributed by atoms with Crippen molar-refractivity contribution >= 4 is 16.0 Å². The minimum atomic E-state index is -3.56. The molecule has 0 aromatic rings. The summed E-state index contributed by atoms with van der Waals surface area (Å²) < 4.78 is 32.2. The molecule has 0 aromatic carbocycles. The normalized spacial score (nSPS) is 53.0. The summed E-state index contributed by atoms with van der Waals surface area (Å²) in [4.78, 5) is 12.5. The van der Waals surface area contributed by atoms with Crippen LogP contribution in [0, 0.1) is 46.8 Å². The molecule has 1 unspecified atom stereocenters. The topological polar surface area (TPSA) is 72.5 Å². The van der Waals surface area contributed by atoms with Gasteiger partial charge in [-0.2, -0.15) is 4.72 Å². The first-order valence-corrected chi connectivity index (χ1v) is 9.86. The predicted octanol–water partition coefficient (Wildman–Crippen LogP) is 1.00. The van der Waals surface area contributed by atoms with E-state index >= 15 is 0 Å². The summed E-state index contributed by atoms with van der Waals surface area (Å²) in [6.07, 6.45) is 0. The molecule has 1 atom stereocenters. The zero-order valence-electron chi connectivity index (χ0n) is 13.4. The van der Waals surface area contributed by atoms with Gasteiger partial charge in [0.15, 0.2) is 0 Å². The Balaban J connectivity index is 1.46. The Bertz CT molecular complexity index is 641. The van der Waals surface area contributed by atoms with Gasteiger partial charge in [0.2, 0.25) is 10.0 Å². The van der Waals surface area contributed by atoms with Crippen LogP contribution in [-0.2, 0) is 19.6 Å². The van der Waals surface area contributed by atoms with E-state index in [-0.39, 0.29) is 11.4 Å². The van der Waals surface area contributed by atoms with E-state index in [0.717, 1.165) is 23.7 Å². The Morgan fingerprint density at radius 1 is 1.14 bits per heavy atom. The van der Waals surface area contributed by atoms with Crippen molar-refractivity contribution in [1.82, 2.24) is 4.72 Å². The van der Waals surface area contributed by atoms with Gasteiger partial charge in [0.05, 0.1) is 11.4 Å². The Morgan fingerprint density at radius 3 is 2.05 bits per heavy atom. The largest absolute Gasteiger partial charge is 0.465 e. The maximum Gasteiger partial charge on any atom is 0.324 e. The first kappa shape index (κ1) is 13.8. The SMILES string of the molecule is CCOC(=O)C(NS(=O)(=O)C(C)(C)C)C12C3C4C5C3C1C5C42. The van der Waals surface area contributed by atoms with Crippen molar-refractivity contribution in [3.8, 4) is 0 Å². The van der Waals surface area contributed by atoms with Crippen LogP contribution in [0.15, 0.2) is 0 Å². The van der Waals surface area contributed by atoms with Gasteiger partial charge in [-0.1, -0.05) is 0 Å². The van der Waals surface area contributed by atoms with Gasteiger partial charge in [-0.3, -0.25) is 4.79 Å². The molecule has 6 saturated carbocycles. The molecular weight excluding hydrogens is 302 g/mol. The molecule has 0 heterocycles. The fraction of sp³-hybridized carbons (Fsp3) is 0.938. The lowest BCUT2D eigenvalue weighted by Gasteiger charge is -3.08. The average Bonchev–Trinajstić information content (AvgIpc) is 2.44. The zero-order valence-corrected chi connectivity index (χ0v) is 14.2. The van der Waals surface area contributed by atoms with Crippen molar-refractivity contribution in [2.75, 3.05) is 6.61 Å². The molecule has 6 heteroatoms. The first-order valence-electron chi connectivity index (χ1n) is 8.38. The van der Waals surface area contributed by atoms with Gasteiger partial charge in [-0.15, -0.1) is 0 Å². The fourth-order valence-electron chi connectivity index (χ4n) is 7.01. The van der Waals surface area contributed by atoms with Crippen LogP contribution in [0.5, 0.6) is 0 Å². The smallest absolute Gasteiger partial charge is 0.324 e. The summed E-state index contributed by atoms with van der Waals surface area (Å²) in [7, 11) is -3.56. The van der Waals surface area contributed by atoms with E-state index in [1.165, 1.54) is 0 Å². The van der Waals surface area contributed by atoms with E-state index in [2.05, 4.69) is 4.72 Å². The van der Waals surface area contributed by atoms with Gasteiger partial charge in [0.1, 0.15) is 6.04 Å². The van der Waals surface area contributed by atoms with E-state index in [1.807, 2.05) is 0 Å². The summed E-state index contributed by atoms with van der Waals surface area (Å²) >= 11 is 0. The van der Waals surface area contributed by atoms with Crippen LogP contribution in [0.4, 0.5) is 0 Å². The summed E-state index contributed by atoms with van der Waals surface area (Å²) in [5.41, 5.74) is -0.0840. The quantitative estimate of drug-likeness (QED) is 0.766. The number of sulfonamides is 1. The number of hydrogen-bond donors (Lipinski definition) is 1. The molecule has 122 valence electrons. The molecule has 6 aliphatic carbocycles. The Hall–Kier alpha value is -0.620. The van der Waals surface area contributed by atoms with Crippen molar-refractivity contribution in [3.63, 3.8) is 0 Å². The first-order chi connectivity index (χ1) is 10.2. The lowest BCUT2D eigenvalue weighted by atomic mass is 8.96. The Morgan fingerprint density at radius 2 is 1.64 bits per heavy atom.